The van der Waals surface area contributed by atoms with Crippen LogP contribution in [0.15, 0.2) is 46.9 Å². The molecule has 0 atom stereocenters. The van der Waals surface area contributed by atoms with Gasteiger partial charge in [-0.2, -0.15) is 0 Å². The second-order valence-electron chi connectivity index (χ2n) is 5.03. The third-order valence-electron chi connectivity index (χ3n) is 3.32. The van der Waals surface area contributed by atoms with Crippen LogP contribution < -0.4 is 10.6 Å². The highest BCUT2D eigenvalue weighted by atomic mass is 79.9. The molecule has 0 aromatic heterocycles. The maximum absolute atomic E-state index is 11.9. The van der Waals surface area contributed by atoms with Crippen LogP contribution in [-0.4, -0.2) is 12.5 Å². The van der Waals surface area contributed by atoms with Gasteiger partial charge in [0, 0.05) is 28.8 Å². The van der Waals surface area contributed by atoms with Crippen LogP contribution in [0.1, 0.15) is 17.5 Å². The Labute approximate surface area is 133 Å². The second kappa shape index (κ2) is 7.27. The topological polar surface area (TPSA) is 41.1 Å². The Morgan fingerprint density at radius 1 is 1.00 bits per heavy atom. The summed E-state index contributed by atoms with van der Waals surface area (Å²) in [5.74, 6) is 0.0165. The molecule has 2 aromatic carbocycles. The van der Waals surface area contributed by atoms with Crippen LogP contribution in [0.4, 0.5) is 11.4 Å². The maximum Gasteiger partial charge on any atom is 0.226 e. The van der Waals surface area contributed by atoms with Crippen LogP contribution in [0, 0.1) is 13.8 Å². The molecular formula is C17H19BrN2O. The van der Waals surface area contributed by atoms with Gasteiger partial charge in [-0.05, 0) is 61.4 Å². The molecule has 2 rings (SSSR count). The zero-order chi connectivity index (χ0) is 15.2. The molecule has 3 nitrogen and oxygen atoms in total. The number of anilines is 2. The summed E-state index contributed by atoms with van der Waals surface area (Å²) in [5.41, 5.74) is 4.27. The zero-order valence-corrected chi connectivity index (χ0v) is 13.8. The summed E-state index contributed by atoms with van der Waals surface area (Å²) in [6, 6.07) is 13.8. The number of halogens is 1. The normalized spacial score (nSPS) is 10.2. The molecule has 0 heterocycles. The van der Waals surface area contributed by atoms with E-state index in [0.29, 0.717) is 13.0 Å². The van der Waals surface area contributed by atoms with Gasteiger partial charge < -0.3 is 10.6 Å². The number of hydrogen-bond donors (Lipinski definition) is 2. The predicted molar refractivity (Wildman–Crippen MR) is 91.8 cm³/mol. The Hall–Kier alpha value is -1.81. The number of carbonyl (C=O) groups excluding carboxylic acids is 1. The summed E-state index contributed by atoms with van der Waals surface area (Å²) in [6.07, 6.45) is 0.434. The Morgan fingerprint density at radius 2 is 1.67 bits per heavy atom. The maximum atomic E-state index is 11.9. The molecule has 21 heavy (non-hydrogen) atoms. The molecule has 0 saturated heterocycles. The van der Waals surface area contributed by atoms with Crippen molar-refractivity contribution in [2.75, 3.05) is 17.2 Å². The van der Waals surface area contributed by atoms with E-state index in [1.54, 1.807) is 0 Å². The minimum Gasteiger partial charge on any atom is -0.385 e. The number of aryl methyl sites for hydroxylation is 2. The van der Waals surface area contributed by atoms with Crippen molar-refractivity contribution in [2.24, 2.45) is 0 Å². The van der Waals surface area contributed by atoms with Gasteiger partial charge in [-0.25, -0.2) is 0 Å². The predicted octanol–water partition coefficient (Wildman–Crippen LogP) is 4.51. The van der Waals surface area contributed by atoms with Crippen molar-refractivity contribution in [1.29, 1.82) is 0 Å². The molecule has 4 heteroatoms. The van der Waals surface area contributed by atoms with Gasteiger partial charge in [0.05, 0.1) is 0 Å². The Balaban J connectivity index is 1.79. The van der Waals surface area contributed by atoms with Crippen molar-refractivity contribution in [3.8, 4) is 0 Å². The lowest BCUT2D eigenvalue weighted by Crippen LogP contribution is -2.16. The number of amides is 1. The average Bonchev–Trinajstić information content (AvgIpc) is 2.45. The third kappa shape index (κ3) is 4.90. The first-order valence-corrected chi connectivity index (χ1v) is 7.70. The van der Waals surface area contributed by atoms with E-state index < -0.39 is 0 Å². The van der Waals surface area contributed by atoms with E-state index in [-0.39, 0.29) is 5.91 Å². The molecular weight excluding hydrogens is 328 g/mol. The number of rotatable bonds is 5. The summed E-state index contributed by atoms with van der Waals surface area (Å²) in [5, 5.41) is 6.15. The molecule has 0 aliphatic carbocycles. The highest BCUT2D eigenvalue weighted by Gasteiger charge is 2.03. The van der Waals surface area contributed by atoms with E-state index in [1.807, 2.05) is 49.4 Å². The summed E-state index contributed by atoms with van der Waals surface area (Å²) >= 11 is 3.39. The van der Waals surface area contributed by atoms with Crippen LogP contribution in [0.5, 0.6) is 0 Å². The highest BCUT2D eigenvalue weighted by molar-refractivity contribution is 9.10. The van der Waals surface area contributed by atoms with Crippen LogP contribution in [0.25, 0.3) is 0 Å². The van der Waals surface area contributed by atoms with Crippen molar-refractivity contribution in [1.82, 2.24) is 0 Å². The second-order valence-corrected chi connectivity index (χ2v) is 5.95. The lowest BCUT2D eigenvalue weighted by atomic mass is 10.1. The van der Waals surface area contributed by atoms with Crippen LogP contribution >= 0.6 is 15.9 Å². The summed E-state index contributed by atoms with van der Waals surface area (Å²) in [4.78, 5) is 11.9. The molecule has 110 valence electrons. The van der Waals surface area contributed by atoms with E-state index in [9.17, 15) is 4.79 Å². The Bertz CT molecular complexity index is 623. The quantitative estimate of drug-likeness (QED) is 0.836. The molecule has 0 radical (unpaired) electrons. The lowest BCUT2D eigenvalue weighted by molar-refractivity contribution is -0.115. The van der Waals surface area contributed by atoms with Crippen molar-refractivity contribution in [2.45, 2.75) is 20.3 Å². The Morgan fingerprint density at radius 3 is 2.33 bits per heavy atom. The average molecular weight is 347 g/mol. The summed E-state index contributed by atoms with van der Waals surface area (Å²) < 4.78 is 1.04. The first-order valence-electron chi connectivity index (χ1n) is 6.91. The number of carbonyl (C=O) groups is 1. The van der Waals surface area contributed by atoms with Gasteiger partial charge in [-0.1, -0.05) is 22.0 Å². The largest absolute Gasteiger partial charge is 0.385 e. The first-order chi connectivity index (χ1) is 10.0. The van der Waals surface area contributed by atoms with E-state index in [0.717, 1.165) is 15.8 Å². The van der Waals surface area contributed by atoms with E-state index in [1.165, 1.54) is 11.1 Å². The minimum atomic E-state index is 0.0165. The summed E-state index contributed by atoms with van der Waals surface area (Å²) in [6.45, 7) is 4.71. The van der Waals surface area contributed by atoms with Crippen molar-refractivity contribution in [3.05, 3.63) is 58.1 Å². The van der Waals surface area contributed by atoms with Gasteiger partial charge in [0.2, 0.25) is 5.91 Å². The van der Waals surface area contributed by atoms with Crippen molar-refractivity contribution in [3.63, 3.8) is 0 Å². The monoisotopic (exact) mass is 346 g/mol. The van der Waals surface area contributed by atoms with Gasteiger partial charge >= 0.3 is 0 Å². The van der Waals surface area contributed by atoms with E-state index >= 15 is 0 Å². The van der Waals surface area contributed by atoms with Gasteiger partial charge in [0.25, 0.3) is 0 Å². The van der Waals surface area contributed by atoms with Gasteiger partial charge in [-0.15, -0.1) is 0 Å². The van der Waals surface area contributed by atoms with Gasteiger partial charge in [0.15, 0.2) is 0 Å². The number of nitrogens with one attached hydrogen (secondary N) is 2. The first kappa shape index (κ1) is 15.6. The lowest BCUT2D eigenvalue weighted by Gasteiger charge is -2.09. The van der Waals surface area contributed by atoms with Crippen LogP contribution in [0.3, 0.4) is 0 Å². The van der Waals surface area contributed by atoms with Gasteiger partial charge in [-0.3, -0.25) is 4.79 Å². The van der Waals surface area contributed by atoms with Crippen LogP contribution in [-0.2, 0) is 4.79 Å². The molecule has 0 saturated carbocycles. The van der Waals surface area contributed by atoms with Crippen molar-refractivity contribution < 1.29 is 4.79 Å². The molecule has 0 aliphatic rings. The zero-order valence-electron chi connectivity index (χ0n) is 12.2. The molecule has 2 aromatic rings. The van der Waals surface area contributed by atoms with Crippen LogP contribution in [0.2, 0.25) is 0 Å². The third-order valence-corrected chi connectivity index (χ3v) is 3.84. The molecule has 2 N–H and O–H groups in total. The number of hydrogen-bond acceptors (Lipinski definition) is 2. The fourth-order valence-electron chi connectivity index (χ4n) is 1.93. The molecule has 1 amide bonds. The highest BCUT2D eigenvalue weighted by Crippen LogP contribution is 2.15. The number of benzene rings is 2. The molecule has 0 unspecified atom stereocenters. The Kier molecular flexibility index (Phi) is 5.39. The van der Waals surface area contributed by atoms with E-state index in [4.69, 9.17) is 0 Å². The molecule has 0 spiro atoms. The smallest absolute Gasteiger partial charge is 0.226 e. The minimum absolute atomic E-state index is 0.0165. The van der Waals surface area contributed by atoms with Gasteiger partial charge in [0.1, 0.15) is 0 Å². The summed E-state index contributed by atoms with van der Waals surface area (Å²) in [7, 11) is 0. The SMILES string of the molecule is Cc1ccc(NC(=O)CCNc2ccc(Br)cc2)cc1C. The van der Waals surface area contributed by atoms with E-state index in [2.05, 4.69) is 33.5 Å². The fourth-order valence-corrected chi connectivity index (χ4v) is 2.20. The standard InChI is InChI=1S/C17H19BrN2O/c1-12-3-6-16(11-13(12)2)20-17(21)9-10-19-15-7-4-14(18)5-8-15/h3-8,11,19H,9-10H2,1-2H3,(H,20,21). The fraction of sp³-hybridized carbons (Fsp3) is 0.235. The molecule has 0 bridgehead atoms. The molecule has 0 fully saturated rings. The molecule has 0 aliphatic heterocycles. The van der Waals surface area contributed by atoms with Crippen molar-refractivity contribution >= 4 is 33.2 Å².